The highest BCUT2D eigenvalue weighted by Gasteiger charge is 2.36. The molecule has 1 aromatic heterocycles. The number of aryl methyl sites for hydroxylation is 1. The van der Waals surface area contributed by atoms with Gasteiger partial charge in [-0.3, -0.25) is 9.48 Å². The molecule has 0 aromatic carbocycles. The van der Waals surface area contributed by atoms with Gasteiger partial charge >= 0.3 is 0 Å². The van der Waals surface area contributed by atoms with Crippen molar-refractivity contribution >= 4 is 5.91 Å². The van der Waals surface area contributed by atoms with Gasteiger partial charge < -0.3 is 14.9 Å². The maximum Gasteiger partial charge on any atom is 0.244 e. The maximum absolute atomic E-state index is 12.4. The van der Waals surface area contributed by atoms with Crippen molar-refractivity contribution in [3.8, 4) is 0 Å². The molecule has 0 aliphatic carbocycles. The first-order valence-corrected chi connectivity index (χ1v) is 8.25. The molecule has 3 heterocycles. The molecule has 0 saturated carbocycles. The van der Waals surface area contributed by atoms with Crippen LogP contribution in [0, 0.1) is 18.8 Å². The number of aromatic nitrogens is 2. The van der Waals surface area contributed by atoms with Crippen LogP contribution >= 0.6 is 0 Å². The average Bonchev–Trinajstić information content (AvgIpc) is 3.21. The van der Waals surface area contributed by atoms with Crippen molar-refractivity contribution in [2.45, 2.75) is 26.3 Å². The van der Waals surface area contributed by atoms with Gasteiger partial charge in [0.05, 0.1) is 6.20 Å². The van der Waals surface area contributed by atoms with E-state index < -0.39 is 0 Å². The van der Waals surface area contributed by atoms with E-state index in [9.17, 15) is 9.90 Å². The molecule has 1 N–H and O–H groups in total. The van der Waals surface area contributed by atoms with Crippen LogP contribution in [-0.4, -0.2) is 69.9 Å². The molecule has 2 saturated heterocycles. The van der Waals surface area contributed by atoms with Gasteiger partial charge in [-0.1, -0.05) is 0 Å². The fraction of sp³-hybridized carbons (Fsp3) is 0.750. The minimum atomic E-state index is 0.102. The molecule has 0 bridgehead atoms. The van der Waals surface area contributed by atoms with Crippen LogP contribution < -0.4 is 0 Å². The molecule has 2 aliphatic heterocycles. The molecule has 2 aliphatic rings. The number of nitrogens with zero attached hydrogens (tertiary/aromatic N) is 4. The highest BCUT2D eigenvalue weighted by molar-refractivity contribution is 5.76. The van der Waals surface area contributed by atoms with Crippen LogP contribution in [0.2, 0.25) is 0 Å². The third kappa shape index (κ3) is 3.50. The minimum absolute atomic E-state index is 0.102. The second kappa shape index (κ2) is 6.79. The summed E-state index contributed by atoms with van der Waals surface area (Å²) < 4.78 is 1.69. The molecule has 0 spiro atoms. The molecule has 2 fully saturated rings. The molecule has 6 heteroatoms. The molecule has 2 atom stereocenters. The quantitative estimate of drug-likeness (QED) is 0.853. The number of hydrogen-bond donors (Lipinski definition) is 1. The zero-order valence-corrected chi connectivity index (χ0v) is 13.3. The first kappa shape index (κ1) is 15.5. The van der Waals surface area contributed by atoms with E-state index in [0.29, 0.717) is 19.0 Å². The first-order chi connectivity index (χ1) is 10.7. The normalized spacial score (nSPS) is 26.0. The van der Waals surface area contributed by atoms with Crippen LogP contribution in [0.25, 0.3) is 0 Å². The van der Waals surface area contributed by atoms with Gasteiger partial charge in [0.2, 0.25) is 5.91 Å². The lowest BCUT2D eigenvalue weighted by Crippen LogP contribution is -2.34. The lowest BCUT2D eigenvalue weighted by molar-refractivity contribution is -0.131. The smallest absolute Gasteiger partial charge is 0.244 e. The predicted octanol–water partition coefficient (Wildman–Crippen LogP) is 0.354. The van der Waals surface area contributed by atoms with E-state index in [1.54, 1.807) is 10.9 Å². The summed E-state index contributed by atoms with van der Waals surface area (Å²) in [5, 5.41) is 13.8. The number of carbonyl (C=O) groups is 1. The Labute approximate surface area is 131 Å². The number of amides is 1. The summed E-state index contributed by atoms with van der Waals surface area (Å²) in [5.41, 5.74) is 1.06. The van der Waals surface area contributed by atoms with Crippen molar-refractivity contribution in [1.29, 1.82) is 0 Å². The van der Waals surface area contributed by atoms with Crippen molar-refractivity contribution in [1.82, 2.24) is 19.6 Å². The molecule has 6 nitrogen and oxygen atoms in total. The van der Waals surface area contributed by atoms with E-state index in [2.05, 4.69) is 10.00 Å². The molecule has 3 rings (SSSR count). The van der Waals surface area contributed by atoms with E-state index in [-0.39, 0.29) is 18.4 Å². The lowest BCUT2D eigenvalue weighted by Gasteiger charge is -2.22. The summed E-state index contributed by atoms with van der Waals surface area (Å²) in [5.74, 6) is 0.709. The van der Waals surface area contributed by atoms with Crippen molar-refractivity contribution in [2.24, 2.45) is 11.8 Å². The third-order valence-electron chi connectivity index (χ3n) is 4.91. The molecular weight excluding hydrogens is 280 g/mol. The maximum atomic E-state index is 12.4. The van der Waals surface area contributed by atoms with E-state index in [4.69, 9.17) is 0 Å². The van der Waals surface area contributed by atoms with E-state index in [1.165, 1.54) is 12.8 Å². The summed E-state index contributed by atoms with van der Waals surface area (Å²) in [6.45, 7) is 7.21. The first-order valence-electron chi connectivity index (χ1n) is 8.25. The van der Waals surface area contributed by atoms with Crippen molar-refractivity contribution < 1.29 is 9.90 Å². The molecule has 122 valence electrons. The van der Waals surface area contributed by atoms with Gasteiger partial charge in [0.1, 0.15) is 6.54 Å². The standard InChI is InChI=1S/C16H26N4O2/c1-13-6-17-20(7-13)11-16(22)19-9-14(15(10-19)12-21)8-18-4-2-3-5-18/h6-7,14-15,21H,2-5,8-12H2,1H3/t14-,15-/m1/s1. The molecule has 1 aromatic rings. The van der Waals surface area contributed by atoms with Gasteiger partial charge in [0.25, 0.3) is 0 Å². The van der Waals surface area contributed by atoms with Crippen molar-refractivity contribution in [3.63, 3.8) is 0 Å². The zero-order chi connectivity index (χ0) is 15.5. The Hall–Kier alpha value is -1.40. The summed E-state index contributed by atoms with van der Waals surface area (Å²) in [6.07, 6.45) is 6.21. The Balaban J connectivity index is 1.56. The second-order valence-electron chi connectivity index (χ2n) is 6.72. The van der Waals surface area contributed by atoms with Crippen molar-refractivity contribution in [3.05, 3.63) is 18.0 Å². The number of likely N-dealkylation sites (tertiary alicyclic amines) is 2. The SMILES string of the molecule is Cc1cnn(CC(=O)N2C[C@@H](CN3CCCC3)[C@@H](CO)C2)c1. The van der Waals surface area contributed by atoms with E-state index in [0.717, 1.165) is 31.7 Å². The molecule has 0 unspecified atom stereocenters. The number of hydrogen-bond acceptors (Lipinski definition) is 4. The largest absolute Gasteiger partial charge is 0.396 e. The average molecular weight is 306 g/mol. The van der Waals surface area contributed by atoms with Gasteiger partial charge in [0.15, 0.2) is 0 Å². The van der Waals surface area contributed by atoms with Crippen molar-refractivity contribution in [2.75, 3.05) is 39.3 Å². The lowest BCUT2D eigenvalue weighted by atomic mass is 9.96. The van der Waals surface area contributed by atoms with E-state index in [1.807, 2.05) is 18.0 Å². The Morgan fingerprint density at radius 2 is 2.05 bits per heavy atom. The molecule has 22 heavy (non-hydrogen) atoms. The Bertz CT molecular complexity index is 510. The Kier molecular flexibility index (Phi) is 4.78. The Morgan fingerprint density at radius 3 is 2.68 bits per heavy atom. The Morgan fingerprint density at radius 1 is 1.32 bits per heavy atom. The molecule has 0 radical (unpaired) electrons. The zero-order valence-electron chi connectivity index (χ0n) is 13.3. The third-order valence-corrected chi connectivity index (χ3v) is 4.91. The van der Waals surface area contributed by atoms with Gasteiger partial charge in [-0.25, -0.2) is 0 Å². The summed E-state index contributed by atoms with van der Waals surface area (Å²) in [6, 6.07) is 0. The highest BCUT2D eigenvalue weighted by atomic mass is 16.3. The summed E-state index contributed by atoms with van der Waals surface area (Å²) >= 11 is 0. The fourth-order valence-corrected chi connectivity index (χ4v) is 3.64. The van der Waals surface area contributed by atoms with E-state index >= 15 is 0 Å². The minimum Gasteiger partial charge on any atom is -0.396 e. The van der Waals surface area contributed by atoms with Crippen LogP contribution in [0.5, 0.6) is 0 Å². The second-order valence-corrected chi connectivity index (χ2v) is 6.72. The number of carbonyl (C=O) groups excluding carboxylic acids is 1. The van der Waals surface area contributed by atoms with Gasteiger partial charge in [0, 0.05) is 38.4 Å². The highest BCUT2D eigenvalue weighted by Crippen LogP contribution is 2.25. The number of aliphatic hydroxyl groups is 1. The van der Waals surface area contributed by atoms with Crippen LogP contribution in [0.4, 0.5) is 0 Å². The van der Waals surface area contributed by atoms with Gasteiger partial charge in [-0.05, 0) is 44.3 Å². The number of rotatable bonds is 5. The van der Waals surface area contributed by atoms with Crippen LogP contribution in [0.3, 0.4) is 0 Å². The van der Waals surface area contributed by atoms with Gasteiger partial charge in [-0.15, -0.1) is 0 Å². The summed E-state index contributed by atoms with van der Waals surface area (Å²) in [4.78, 5) is 16.8. The predicted molar refractivity (Wildman–Crippen MR) is 83.3 cm³/mol. The number of aliphatic hydroxyl groups excluding tert-OH is 1. The van der Waals surface area contributed by atoms with Gasteiger partial charge in [-0.2, -0.15) is 5.10 Å². The topological polar surface area (TPSA) is 61.6 Å². The molecular formula is C16H26N4O2. The summed E-state index contributed by atoms with van der Waals surface area (Å²) in [7, 11) is 0. The molecule has 1 amide bonds. The van der Waals surface area contributed by atoms with Crippen LogP contribution in [0.1, 0.15) is 18.4 Å². The monoisotopic (exact) mass is 306 g/mol. The van der Waals surface area contributed by atoms with Crippen LogP contribution in [0.15, 0.2) is 12.4 Å². The van der Waals surface area contributed by atoms with Crippen LogP contribution in [-0.2, 0) is 11.3 Å². The fourth-order valence-electron chi connectivity index (χ4n) is 3.64.